The minimum absolute atomic E-state index is 0.00436. The molecule has 3 aromatic rings. The molecule has 0 aliphatic heterocycles. The number of nitrogens with one attached hydrogen (secondary N) is 1. The molecular formula is C15H12FNOS. The fourth-order valence-corrected chi connectivity index (χ4v) is 3.17. The lowest BCUT2D eigenvalue weighted by molar-refractivity contribution is 0.104. The Bertz CT molecular complexity index is 756. The monoisotopic (exact) mass is 273 g/mol. The number of benzene rings is 1. The van der Waals surface area contributed by atoms with E-state index >= 15 is 0 Å². The van der Waals surface area contributed by atoms with Crippen LogP contribution >= 0.6 is 11.3 Å². The second-order valence-corrected chi connectivity index (χ2v) is 5.27. The summed E-state index contributed by atoms with van der Waals surface area (Å²) in [7, 11) is 0. The van der Waals surface area contributed by atoms with Crippen LogP contribution in [-0.2, 0) is 6.42 Å². The summed E-state index contributed by atoms with van der Waals surface area (Å²) >= 11 is 1.45. The van der Waals surface area contributed by atoms with Gasteiger partial charge in [-0.1, -0.05) is 6.92 Å². The Kier molecular flexibility index (Phi) is 2.95. The van der Waals surface area contributed by atoms with Gasteiger partial charge in [0.15, 0.2) is 0 Å². The number of carbonyl (C=O) groups excluding carboxylic acids is 1. The zero-order valence-corrected chi connectivity index (χ0v) is 11.2. The lowest BCUT2D eigenvalue weighted by Crippen LogP contribution is -2.00. The SMILES string of the molecule is CCc1ccsc1C(=O)c1c[nH]c2cc(F)ccc12. The molecule has 1 aromatic carbocycles. The van der Waals surface area contributed by atoms with Gasteiger partial charge in [0, 0.05) is 22.7 Å². The van der Waals surface area contributed by atoms with Crippen molar-refractivity contribution in [2.45, 2.75) is 13.3 Å². The van der Waals surface area contributed by atoms with Crippen LogP contribution in [0.15, 0.2) is 35.8 Å². The molecule has 0 unspecified atom stereocenters. The minimum atomic E-state index is -0.307. The van der Waals surface area contributed by atoms with Gasteiger partial charge < -0.3 is 4.98 Å². The molecule has 2 nitrogen and oxygen atoms in total. The van der Waals surface area contributed by atoms with Gasteiger partial charge in [0.1, 0.15) is 5.82 Å². The largest absolute Gasteiger partial charge is 0.360 e. The first-order valence-electron chi connectivity index (χ1n) is 6.08. The van der Waals surface area contributed by atoms with Crippen molar-refractivity contribution in [3.05, 3.63) is 57.7 Å². The molecule has 0 bridgehead atoms. The number of aryl methyl sites for hydroxylation is 1. The summed E-state index contributed by atoms with van der Waals surface area (Å²) in [6, 6.07) is 6.41. The molecule has 4 heteroatoms. The van der Waals surface area contributed by atoms with Crippen LogP contribution in [0.3, 0.4) is 0 Å². The Morgan fingerprint density at radius 2 is 2.21 bits per heavy atom. The van der Waals surface area contributed by atoms with Gasteiger partial charge in [-0.2, -0.15) is 0 Å². The fourth-order valence-electron chi connectivity index (χ4n) is 2.22. The standard InChI is InChI=1S/C15H12FNOS/c1-2-9-5-6-19-15(9)14(18)12-8-17-13-7-10(16)3-4-11(12)13/h3-8,17H,2H2,1H3. The average molecular weight is 273 g/mol. The molecule has 0 aliphatic carbocycles. The van der Waals surface area contributed by atoms with Gasteiger partial charge in [0.2, 0.25) is 5.78 Å². The van der Waals surface area contributed by atoms with Gasteiger partial charge in [-0.15, -0.1) is 11.3 Å². The lowest BCUT2D eigenvalue weighted by atomic mass is 10.0. The van der Waals surface area contributed by atoms with Crippen LogP contribution in [0.1, 0.15) is 27.7 Å². The maximum Gasteiger partial charge on any atom is 0.205 e. The van der Waals surface area contributed by atoms with E-state index in [9.17, 15) is 9.18 Å². The quantitative estimate of drug-likeness (QED) is 0.714. The van der Waals surface area contributed by atoms with E-state index in [4.69, 9.17) is 0 Å². The number of halogens is 1. The molecule has 0 radical (unpaired) electrons. The van der Waals surface area contributed by atoms with E-state index in [0.29, 0.717) is 11.1 Å². The van der Waals surface area contributed by atoms with Crippen LogP contribution in [-0.4, -0.2) is 10.8 Å². The van der Waals surface area contributed by atoms with Gasteiger partial charge in [0.05, 0.1) is 4.88 Å². The highest BCUT2D eigenvalue weighted by Crippen LogP contribution is 2.26. The third kappa shape index (κ3) is 1.98. The van der Waals surface area contributed by atoms with Crippen LogP contribution in [0, 0.1) is 5.82 Å². The van der Waals surface area contributed by atoms with Crippen molar-refractivity contribution < 1.29 is 9.18 Å². The number of H-pyrrole nitrogens is 1. The zero-order chi connectivity index (χ0) is 13.4. The molecule has 0 saturated carbocycles. The summed E-state index contributed by atoms with van der Waals surface area (Å²) in [5.41, 5.74) is 2.32. The smallest absolute Gasteiger partial charge is 0.205 e. The summed E-state index contributed by atoms with van der Waals surface area (Å²) in [5.74, 6) is -0.302. The van der Waals surface area contributed by atoms with E-state index in [-0.39, 0.29) is 11.6 Å². The Balaban J connectivity index is 2.12. The van der Waals surface area contributed by atoms with Gasteiger partial charge >= 0.3 is 0 Å². The van der Waals surface area contributed by atoms with Crippen molar-refractivity contribution in [3.8, 4) is 0 Å². The summed E-state index contributed by atoms with van der Waals surface area (Å²) in [6.07, 6.45) is 2.49. The fraction of sp³-hybridized carbons (Fsp3) is 0.133. The Labute approximate surface area is 113 Å². The molecule has 2 aromatic heterocycles. The third-order valence-electron chi connectivity index (χ3n) is 3.22. The number of hydrogen-bond donors (Lipinski definition) is 1. The van der Waals surface area contributed by atoms with E-state index in [1.165, 1.54) is 23.5 Å². The predicted molar refractivity (Wildman–Crippen MR) is 75.4 cm³/mol. The summed E-state index contributed by atoms with van der Waals surface area (Å²) in [6.45, 7) is 2.03. The number of thiophene rings is 1. The highest BCUT2D eigenvalue weighted by molar-refractivity contribution is 7.12. The third-order valence-corrected chi connectivity index (χ3v) is 4.18. The van der Waals surface area contributed by atoms with Crippen LogP contribution in [0.5, 0.6) is 0 Å². The molecule has 0 fully saturated rings. The number of carbonyl (C=O) groups is 1. The highest BCUT2D eigenvalue weighted by atomic mass is 32.1. The molecule has 0 saturated heterocycles. The van der Waals surface area contributed by atoms with Gasteiger partial charge in [-0.25, -0.2) is 4.39 Å². The number of fused-ring (bicyclic) bond motifs is 1. The molecule has 2 heterocycles. The van der Waals surface area contributed by atoms with Gasteiger partial charge in [0.25, 0.3) is 0 Å². The number of ketones is 1. The normalized spacial score (nSPS) is 11.1. The number of aromatic amines is 1. The Morgan fingerprint density at radius 1 is 1.37 bits per heavy atom. The van der Waals surface area contributed by atoms with Crippen LogP contribution in [0.4, 0.5) is 4.39 Å². The average Bonchev–Trinajstić information content (AvgIpc) is 3.03. The summed E-state index contributed by atoms with van der Waals surface area (Å²) in [4.78, 5) is 16.3. The van der Waals surface area contributed by atoms with Gasteiger partial charge in [-0.3, -0.25) is 4.79 Å². The number of aromatic nitrogens is 1. The van der Waals surface area contributed by atoms with E-state index in [1.807, 2.05) is 18.4 Å². The molecule has 0 atom stereocenters. The van der Waals surface area contributed by atoms with Crippen LogP contribution < -0.4 is 0 Å². The number of hydrogen-bond acceptors (Lipinski definition) is 2. The molecular weight excluding hydrogens is 261 g/mol. The molecule has 19 heavy (non-hydrogen) atoms. The van der Waals surface area contributed by atoms with Gasteiger partial charge in [-0.05, 0) is 41.6 Å². The van der Waals surface area contributed by atoms with Crippen LogP contribution in [0.2, 0.25) is 0 Å². The molecule has 0 amide bonds. The Morgan fingerprint density at radius 3 is 3.00 bits per heavy atom. The van der Waals surface area contributed by atoms with Crippen molar-refractivity contribution in [2.75, 3.05) is 0 Å². The minimum Gasteiger partial charge on any atom is -0.360 e. The van der Waals surface area contributed by atoms with E-state index in [1.54, 1.807) is 12.3 Å². The van der Waals surface area contributed by atoms with Crippen LogP contribution in [0.25, 0.3) is 10.9 Å². The van der Waals surface area contributed by atoms with Crippen molar-refractivity contribution in [1.82, 2.24) is 4.98 Å². The maximum absolute atomic E-state index is 13.1. The molecule has 1 N–H and O–H groups in total. The maximum atomic E-state index is 13.1. The lowest BCUT2D eigenvalue weighted by Gasteiger charge is -2.00. The highest BCUT2D eigenvalue weighted by Gasteiger charge is 2.18. The van der Waals surface area contributed by atoms with Crippen molar-refractivity contribution >= 4 is 28.0 Å². The summed E-state index contributed by atoms with van der Waals surface area (Å²) < 4.78 is 13.1. The second-order valence-electron chi connectivity index (χ2n) is 4.35. The first-order valence-corrected chi connectivity index (χ1v) is 6.96. The van der Waals surface area contributed by atoms with Crippen molar-refractivity contribution in [3.63, 3.8) is 0 Å². The Hall–Kier alpha value is -1.94. The van der Waals surface area contributed by atoms with E-state index in [0.717, 1.165) is 22.2 Å². The number of rotatable bonds is 3. The second kappa shape index (κ2) is 4.63. The first kappa shape index (κ1) is 12.1. The van der Waals surface area contributed by atoms with Crippen molar-refractivity contribution in [1.29, 1.82) is 0 Å². The molecule has 96 valence electrons. The molecule has 0 aliphatic rings. The first-order chi connectivity index (χ1) is 9.20. The van der Waals surface area contributed by atoms with E-state index in [2.05, 4.69) is 4.98 Å². The predicted octanol–water partition coefficient (Wildman–Crippen LogP) is 4.16. The topological polar surface area (TPSA) is 32.9 Å². The van der Waals surface area contributed by atoms with E-state index < -0.39 is 0 Å². The van der Waals surface area contributed by atoms with Crippen molar-refractivity contribution in [2.24, 2.45) is 0 Å². The zero-order valence-electron chi connectivity index (χ0n) is 10.4. The summed E-state index contributed by atoms with van der Waals surface area (Å²) in [5, 5.41) is 2.70. The molecule has 3 rings (SSSR count). The molecule has 0 spiro atoms.